The predicted molar refractivity (Wildman–Crippen MR) is 90.6 cm³/mol. The molecule has 0 spiro atoms. The molecule has 2 heterocycles. The number of aromatic nitrogens is 2. The highest BCUT2D eigenvalue weighted by Gasteiger charge is 2.16. The first-order valence-corrected chi connectivity index (χ1v) is 7.97. The molecule has 118 valence electrons. The van der Waals surface area contributed by atoms with E-state index in [4.69, 9.17) is 0 Å². The summed E-state index contributed by atoms with van der Waals surface area (Å²) in [6.07, 6.45) is 0. The second kappa shape index (κ2) is 6.21. The monoisotopic (exact) mass is 328 g/mol. The summed E-state index contributed by atoms with van der Waals surface area (Å²) >= 11 is 1.24. The number of H-pyrrole nitrogens is 1. The summed E-state index contributed by atoms with van der Waals surface area (Å²) < 4.78 is 0. The number of thiophene rings is 1. The van der Waals surface area contributed by atoms with E-state index in [-0.39, 0.29) is 17.9 Å². The van der Waals surface area contributed by atoms with E-state index in [1.165, 1.54) is 18.3 Å². The Kier molecular flexibility index (Phi) is 4.12. The molecule has 2 aromatic heterocycles. The number of carbonyl (C=O) groups excluding carboxylic acids is 2. The molecular weight excluding hydrogens is 312 g/mol. The Morgan fingerprint density at radius 1 is 1.22 bits per heavy atom. The Hall–Kier alpha value is -2.67. The number of aromatic amines is 1. The van der Waals surface area contributed by atoms with Crippen LogP contribution < -0.4 is 10.6 Å². The van der Waals surface area contributed by atoms with Crippen LogP contribution in [0.1, 0.15) is 35.4 Å². The number of para-hydroxylation sites is 2. The van der Waals surface area contributed by atoms with Crippen molar-refractivity contribution in [3.8, 4) is 0 Å². The van der Waals surface area contributed by atoms with Crippen molar-refractivity contribution in [3.05, 3.63) is 47.1 Å². The molecule has 0 aliphatic heterocycles. The highest BCUT2D eigenvalue weighted by atomic mass is 32.1. The molecule has 1 aromatic carbocycles. The first-order chi connectivity index (χ1) is 11.0. The molecule has 3 N–H and O–H groups in total. The number of carbonyl (C=O) groups is 2. The average Bonchev–Trinajstić information content (AvgIpc) is 3.12. The lowest BCUT2D eigenvalue weighted by molar-refractivity contribution is -0.114. The molecule has 0 saturated carbocycles. The van der Waals surface area contributed by atoms with Crippen molar-refractivity contribution >= 4 is 39.2 Å². The van der Waals surface area contributed by atoms with E-state index in [9.17, 15) is 9.59 Å². The molecule has 0 radical (unpaired) electrons. The smallest absolute Gasteiger partial charge is 0.262 e. The van der Waals surface area contributed by atoms with Gasteiger partial charge in [-0.05, 0) is 31.2 Å². The zero-order chi connectivity index (χ0) is 16.4. The Morgan fingerprint density at radius 3 is 2.74 bits per heavy atom. The van der Waals surface area contributed by atoms with Crippen LogP contribution in [0.25, 0.3) is 11.0 Å². The fraction of sp³-hybridized carbons (Fsp3) is 0.188. The van der Waals surface area contributed by atoms with Gasteiger partial charge < -0.3 is 15.6 Å². The molecule has 1 unspecified atom stereocenters. The third-order valence-corrected chi connectivity index (χ3v) is 4.29. The van der Waals surface area contributed by atoms with Gasteiger partial charge in [0.15, 0.2) is 0 Å². The zero-order valence-electron chi connectivity index (χ0n) is 12.7. The molecule has 7 heteroatoms. The zero-order valence-corrected chi connectivity index (χ0v) is 13.5. The molecule has 0 bridgehead atoms. The van der Waals surface area contributed by atoms with Crippen LogP contribution >= 0.6 is 11.3 Å². The lowest BCUT2D eigenvalue weighted by atomic mass is 10.3. The van der Waals surface area contributed by atoms with Crippen LogP contribution in [0, 0.1) is 0 Å². The van der Waals surface area contributed by atoms with Gasteiger partial charge in [-0.3, -0.25) is 9.59 Å². The number of amides is 2. The number of imidazole rings is 1. The van der Waals surface area contributed by atoms with E-state index in [1.54, 1.807) is 12.1 Å². The molecule has 3 aromatic rings. The summed E-state index contributed by atoms with van der Waals surface area (Å²) in [7, 11) is 0. The van der Waals surface area contributed by atoms with Crippen molar-refractivity contribution in [3.63, 3.8) is 0 Å². The molecule has 23 heavy (non-hydrogen) atoms. The maximum Gasteiger partial charge on any atom is 0.262 e. The van der Waals surface area contributed by atoms with Gasteiger partial charge in [0.05, 0.1) is 27.0 Å². The second-order valence-electron chi connectivity index (χ2n) is 5.18. The minimum atomic E-state index is -0.249. The number of benzene rings is 1. The van der Waals surface area contributed by atoms with Gasteiger partial charge in [-0.25, -0.2) is 4.98 Å². The SMILES string of the molecule is CC(=O)Nc1ccc(C(=O)NC(C)c2nc3ccccc3[nH]2)s1. The molecule has 3 rings (SSSR count). The summed E-state index contributed by atoms with van der Waals surface area (Å²) in [5.41, 5.74) is 1.81. The Bertz CT molecular complexity index is 835. The summed E-state index contributed by atoms with van der Waals surface area (Å²) in [4.78, 5) is 31.5. The number of anilines is 1. The second-order valence-corrected chi connectivity index (χ2v) is 6.26. The molecule has 0 aliphatic carbocycles. The van der Waals surface area contributed by atoms with E-state index in [1.807, 2.05) is 31.2 Å². The van der Waals surface area contributed by atoms with Crippen molar-refractivity contribution in [2.75, 3.05) is 5.32 Å². The quantitative estimate of drug-likeness (QED) is 0.688. The van der Waals surface area contributed by atoms with Crippen molar-refractivity contribution in [1.82, 2.24) is 15.3 Å². The number of nitrogens with zero attached hydrogens (tertiary/aromatic N) is 1. The molecule has 0 fully saturated rings. The highest BCUT2D eigenvalue weighted by Crippen LogP contribution is 2.23. The van der Waals surface area contributed by atoms with Crippen LogP contribution in [-0.2, 0) is 4.79 Å². The van der Waals surface area contributed by atoms with Gasteiger partial charge in [-0.2, -0.15) is 0 Å². The lowest BCUT2D eigenvalue weighted by Gasteiger charge is -2.10. The van der Waals surface area contributed by atoms with E-state index in [0.717, 1.165) is 11.0 Å². The van der Waals surface area contributed by atoms with Gasteiger partial charge in [0.2, 0.25) is 5.91 Å². The van der Waals surface area contributed by atoms with Gasteiger partial charge in [-0.1, -0.05) is 12.1 Å². The van der Waals surface area contributed by atoms with Crippen molar-refractivity contribution in [1.29, 1.82) is 0 Å². The van der Waals surface area contributed by atoms with E-state index in [0.29, 0.717) is 15.7 Å². The van der Waals surface area contributed by atoms with Crippen LogP contribution in [0.4, 0.5) is 5.00 Å². The van der Waals surface area contributed by atoms with Crippen LogP contribution in [0.5, 0.6) is 0 Å². The minimum Gasteiger partial charge on any atom is -0.342 e. The maximum absolute atomic E-state index is 12.3. The summed E-state index contributed by atoms with van der Waals surface area (Å²) in [5.74, 6) is 0.354. The Morgan fingerprint density at radius 2 is 2.00 bits per heavy atom. The van der Waals surface area contributed by atoms with E-state index in [2.05, 4.69) is 20.6 Å². The summed E-state index contributed by atoms with van der Waals surface area (Å²) in [6.45, 7) is 3.31. The van der Waals surface area contributed by atoms with Gasteiger partial charge in [-0.15, -0.1) is 11.3 Å². The number of hydrogen-bond donors (Lipinski definition) is 3. The van der Waals surface area contributed by atoms with Gasteiger partial charge in [0.25, 0.3) is 5.91 Å². The fourth-order valence-corrected chi connectivity index (χ4v) is 3.07. The number of fused-ring (bicyclic) bond motifs is 1. The minimum absolute atomic E-state index is 0.158. The molecule has 6 nitrogen and oxygen atoms in total. The van der Waals surface area contributed by atoms with Gasteiger partial charge in [0, 0.05) is 6.92 Å². The fourth-order valence-electron chi connectivity index (χ4n) is 2.21. The Labute approximate surface area is 136 Å². The molecular formula is C16H16N4O2S. The van der Waals surface area contributed by atoms with Crippen LogP contribution in [0.15, 0.2) is 36.4 Å². The third kappa shape index (κ3) is 3.40. The number of hydrogen-bond acceptors (Lipinski definition) is 4. The molecule has 0 saturated heterocycles. The first kappa shape index (κ1) is 15.2. The van der Waals surface area contributed by atoms with Crippen LogP contribution in [0.2, 0.25) is 0 Å². The van der Waals surface area contributed by atoms with Crippen molar-refractivity contribution < 1.29 is 9.59 Å². The normalized spacial score (nSPS) is 12.1. The Balaban J connectivity index is 1.71. The summed E-state index contributed by atoms with van der Waals surface area (Å²) in [5, 5.41) is 6.22. The third-order valence-electron chi connectivity index (χ3n) is 3.29. The standard InChI is InChI=1S/C16H16N4O2S/c1-9(15-19-11-5-3-4-6-12(11)20-15)17-16(22)13-7-8-14(23-13)18-10(2)21/h3-9H,1-2H3,(H,17,22)(H,18,21)(H,19,20). The first-order valence-electron chi connectivity index (χ1n) is 7.16. The topological polar surface area (TPSA) is 86.9 Å². The number of rotatable bonds is 4. The van der Waals surface area contributed by atoms with Crippen LogP contribution in [-0.4, -0.2) is 21.8 Å². The summed E-state index contributed by atoms with van der Waals surface area (Å²) in [6, 6.07) is 10.9. The largest absolute Gasteiger partial charge is 0.342 e. The highest BCUT2D eigenvalue weighted by molar-refractivity contribution is 7.18. The van der Waals surface area contributed by atoms with Gasteiger partial charge in [0.1, 0.15) is 5.82 Å². The van der Waals surface area contributed by atoms with Crippen molar-refractivity contribution in [2.24, 2.45) is 0 Å². The molecule has 2 amide bonds. The predicted octanol–water partition coefficient (Wildman–Crippen LogP) is 3.07. The van der Waals surface area contributed by atoms with Crippen molar-refractivity contribution in [2.45, 2.75) is 19.9 Å². The lowest BCUT2D eigenvalue weighted by Crippen LogP contribution is -2.26. The van der Waals surface area contributed by atoms with Gasteiger partial charge >= 0.3 is 0 Å². The van der Waals surface area contributed by atoms with E-state index < -0.39 is 0 Å². The average molecular weight is 328 g/mol. The number of nitrogens with one attached hydrogen (secondary N) is 3. The molecule has 1 atom stereocenters. The van der Waals surface area contributed by atoms with E-state index >= 15 is 0 Å². The van der Waals surface area contributed by atoms with Crippen LogP contribution in [0.3, 0.4) is 0 Å². The maximum atomic E-state index is 12.3. The molecule has 0 aliphatic rings.